The van der Waals surface area contributed by atoms with Crippen LogP contribution in [0.3, 0.4) is 0 Å². The number of aliphatic hydroxyl groups is 1. The maximum atomic E-state index is 9.40. The van der Waals surface area contributed by atoms with Crippen LogP contribution in [-0.4, -0.2) is 31.3 Å². The van der Waals surface area contributed by atoms with E-state index in [-0.39, 0.29) is 0 Å². The number of ether oxygens (including phenoxy) is 1. The van der Waals surface area contributed by atoms with Gasteiger partial charge in [-0.25, -0.2) is 0 Å². The molecule has 0 saturated heterocycles. The zero-order valence-corrected chi connectivity index (χ0v) is 9.05. The summed E-state index contributed by atoms with van der Waals surface area (Å²) in [6.07, 6.45) is -0.527. The van der Waals surface area contributed by atoms with Crippen molar-refractivity contribution in [2.75, 3.05) is 26.1 Å². The van der Waals surface area contributed by atoms with Crippen molar-refractivity contribution in [2.24, 2.45) is 0 Å². The zero-order chi connectivity index (χ0) is 10.0. The molecule has 1 heterocycles. The van der Waals surface area contributed by atoms with Crippen LogP contribution in [0.2, 0.25) is 0 Å². The molecule has 13 heavy (non-hydrogen) atoms. The molecule has 4 nitrogen and oxygen atoms in total. The van der Waals surface area contributed by atoms with Gasteiger partial charge in [-0.05, 0) is 6.92 Å². The number of aromatic nitrogens is 1. The first-order valence-corrected chi connectivity index (χ1v) is 4.78. The summed E-state index contributed by atoms with van der Waals surface area (Å²) in [5.41, 5.74) is 0. The van der Waals surface area contributed by atoms with E-state index in [9.17, 15) is 5.11 Å². The second kappa shape index (κ2) is 3.93. The Morgan fingerprint density at radius 1 is 1.54 bits per heavy atom. The van der Waals surface area contributed by atoms with Gasteiger partial charge in [0.25, 0.3) is 0 Å². The molecule has 5 heteroatoms. The number of rotatable bonds is 3. The molecule has 0 fully saturated rings. The van der Waals surface area contributed by atoms with Gasteiger partial charge >= 0.3 is 0 Å². The van der Waals surface area contributed by atoms with Crippen molar-refractivity contribution >= 4 is 16.5 Å². The molecule has 0 unspecified atom stereocenters. The molecule has 1 aromatic heterocycles. The largest absolute Gasteiger partial charge is 0.480 e. The molecule has 74 valence electrons. The van der Waals surface area contributed by atoms with E-state index in [1.165, 1.54) is 11.3 Å². The van der Waals surface area contributed by atoms with E-state index in [0.29, 0.717) is 5.88 Å². The standard InChI is InChI=1S/C8H14N2O2S/c1-5(11)6-7(12-4)9-8(13-6)10(2)3/h5,11H,1-4H3/t5-/m1/s1. The lowest BCUT2D eigenvalue weighted by molar-refractivity contribution is 0.198. The molecule has 1 N–H and O–H groups in total. The van der Waals surface area contributed by atoms with Gasteiger partial charge in [-0.1, -0.05) is 11.3 Å². The number of thiazole rings is 1. The lowest BCUT2D eigenvalue weighted by atomic mass is 10.3. The van der Waals surface area contributed by atoms with Gasteiger partial charge in [0, 0.05) is 14.1 Å². The monoisotopic (exact) mass is 202 g/mol. The summed E-state index contributed by atoms with van der Waals surface area (Å²) in [6.45, 7) is 1.70. The predicted octanol–water partition coefficient (Wildman–Crippen LogP) is 1.27. The maximum absolute atomic E-state index is 9.40. The fourth-order valence-electron chi connectivity index (χ4n) is 0.908. The van der Waals surface area contributed by atoms with Crippen LogP contribution in [0, 0.1) is 0 Å². The topological polar surface area (TPSA) is 45.6 Å². The van der Waals surface area contributed by atoms with Crippen molar-refractivity contribution in [1.82, 2.24) is 4.98 Å². The SMILES string of the molecule is COc1nc(N(C)C)sc1[C@@H](C)O. The average Bonchev–Trinajstić information content (AvgIpc) is 2.47. The van der Waals surface area contributed by atoms with Crippen molar-refractivity contribution < 1.29 is 9.84 Å². The van der Waals surface area contributed by atoms with Crippen LogP contribution >= 0.6 is 11.3 Å². The number of anilines is 1. The summed E-state index contributed by atoms with van der Waals surface area (Å²) in [7, 11) is 5.37. The minimum Gasteiger partial charge on any atom is -0.480 e. The third-order valence-electron chi connectivity index (χ3n) is 1.56. The lowest BCUT2D eigenvalue weighted by Gasteiger charge is -2.04. The maximum Gasteiger partial charge on any atom is 0.232 e. The fourth-order valence-corrected chi connectivity index (χ4v) is 1.80. The first kappa shape index (κ1) is 10.3. The van der Waals surface area contributed by atoms with Crippen LogP contribution in [0.15, 0.2) is 0 Å². The van der Waals surface area contributed by atoms with Crippen molar-refractivity contribution in [3.05, 3.63) is 4.88 Å². The lowest BCUT2D eigenvalue weighted by Crippen LogP contribution is -2.07. The number of nitrogens with zero attached hydrogens (tertiary/aromatic N) is 2. The second-order valence-corrected chi connectivity index (χ2v) is 3.95. The Morgan fingerprint density at radius 2 is 2.15 bits per heavy atom. The minimum atomic E-state index is -0.527. The Hall–Kier alpha value is -0.810. The summed E-state index contributed by atoms with van der Waals surface area (Å²) in [6, 6.07) is 0. The summed E-state index contributed by atoms with van der Waals surface area (Å²) < 4.78 is 5.05. The first-order chi connectivity index (χ1) is 6.06. The molecule has 0 aromatic carbocycles. The van der Waals surface area contributed by atoms with Crippen LogP contribution in [0.1, 0.15) is 17.9 Å². The van der Waals surface area contributed by atoms with Gasteiger partial charge < -0.3 is 14.7 Å². The van der Waals surface area contributed by atoms with Crippen LogP contribution < -0.4 is 9.64 Å². The van der Waals surface area contributed by atoms with Crippen molar-refractivity contribution in [3.63, 3.8) is 0 Å². The van der Waals surface area contributed by atoms with E-state index < -0.39 is 6.10 Å². The molecule has 0 aliphatic carbocycles. The van der Waals surface area contributed by atoms with Gasteiger partial charge in [0.05, 0.1) is 18.1 Å². The molecule has 0 bridgehead atoms. The Labute approximate surface area is 81.8 Å². The molecule has 0 aliphatic heterocycles. The van der Waals surface area contributed by atoms with Gasteiger partial charge in [0.1, 0.15) is 0 Å². The second-order valence-electron chi connectivity index (χ2n) is 2.94. The number of hydrogen-bond acceptors (Lipinski definition) is 5. The molecule has 0 radical (unpaired) electrons. The first-order valence-electron chi connectivity index (χ1n) is 3.96. The van der Waals surface area contributed by atoms with Crippen LogP contribution in [0.25, 0.3) is 0 Å². The summed E-state index contributed by atoms with van der Waals surface area (Å²) in [5.74, 6) is 0.517. The highest BCUT2D eigenvalue weighted by Crippen LogP contribution is 2.34. The number of hydrogen-bond donors (Lipinski definition) is 1. The van der Waals surface area contributed by atoms with E-state index in [1.807, 2.05) is 19.0 Å². The third-order valence-corrected chi connectivity index (χ3v) is 2.94. The third kappa shape index (κ3) is 2.10. The normalized spacial score (nSPS) is 12.7. The van der Waals surface area contributed by atoms with Gasteiger partial charge in [0.2, 0.25) is 5.88 Å². The highest BCUT2D eigenvalue weighted by atomic mass is 32.1. The van der Waals surface area contributed by atoms with Crippen molar-refractivity contribution in [3.8, 4) is 5.88 Å². The van der Waals surface area contributed by atoms with Gasteiger partial charge in [-0.3, -0.25) is 0 Å². The minimum absolute atomic E-state index is 0.517. The highest BCUT2D eigenvalue weighted by molar-refractivity contribution is 7.16. The van der Waals surface area contributed by atoms with E-state index in [4.69, 9.17) is 4.74 Å². The van der Waals surface area contributed by atoms with Gasteiger partial charge in [-0.15, -0.1) is 0 Å². The predicted molar refractivity (Wildman–Crippen MR) is 53.6 cm³/mol. The summed E-state index contributed by atoms with van der Waals surface area (Å²) in [5, 5.41) is 10.2. The van der Waals surface area contributed by atoms with Gasteiger partial charge in [0.15, 0.2) is 5.13 Å². The quantitative estimate of drug-likeness (QED) is 0.801. The Balaban J connectivity index is 3.04. The average molecular weight is 202 g/mol. The Morgan fingerprint density at radius 3 is 2.46 bits per heavy atom. The molecule has 1 rings (SSSR count). The molecule has 0 spiro atoms. The molecule has 0 saturated carbocycles. The molecule has 0 aliphatic rings. The van der Waals surface area contributed by atoms with E-state index >= 15 is 0 Å². The van der Waals surface area contributed by atoms with Gasteiger partial charge in [-0.2, -0.15) is 4.98 Å². The van der Waals surface area contributed by atoms with E-state index in [0.717, 1.165) is 10.0 Å². The number of methoxy groups -OCH3 is 1. The van der Waals surface area contributed by atoms with E-state index in [1.54, 1.807) is 14.0 Å². The Kier molecular flexibility index (Phi) is 3.11. The molecular weight excluding hydrogens is 188 g/mol. The van der Waals surface area contributed by atoms with Crippen LogP contribution in [0.5, 0.6) is 5.88 Å². The molecule has 0 amide bonds. The highest BCUT2D eigenvalue weighted by Gasteiger charge is 2.16. The molecular formula is C8H14N2O2S. The van der Waals surface area contributed by atoms with Crippen LogP contribution in [-0.2, 0) is 0 Å². The van der Waals surface area contributed by atoms with E-state index in [2.05, 4.69) is 4.98 Å². The smallest absolute Gasteiger partial charge is 0.232 e. The number of aliphatic hydroxyl groups excluding tert-OH is 1. The summed E-state index contributed by atoms with van der Waals surface area (Å²) in [4.78, 5) is 6.87. The Bertz CT molecular complexity index is 284. The van der Waals surface area contributed by atoms with Crippen molar-refractivity contribution in [2.45, 2.75) is 13.0 Å². The molecule has 1 aromatic rings. The van der Waals surface area contributed by atoms with Crippen molar-refractivity contribution in [1.29, 1.82) is 0 Å². The molecule has 1 atom stereocenters. The summed E-state index contributed by atoms with van der Waals surface area (Å²) >= 11 is 1.44. The zero-order valence-electron chi connectivity index (χ0n) is 8.24. The fraction of sp³-hybridized carbons (Fsp3) is 0.625. The van der Waals surface area contributed by atoms with Crippen LogP contribution in [0.4, 0.5) is 5.13 Å².